The summed E-state index contributed by atoms with van der Waals surface area (Å²) >= 11 is 3.61. The summed E-state index contributed by atoms with van der Waals surface area (Å²) in [6, 6.07) is 36.5. The van der Waals surface area contributed by atoms with Crippen molar-refractivity contribution in [3.8, 4) is 5.75 Å². The van der Waals surface area contributed by atoms with Crippen molar-refractivity contribution in [2.75, 3.05) is 5.32 Å². The van der Waals surface area contributed by atoms with Gasteiger partial charge in [-0.05, 0) is 83.1 Å². The molecule has 0 bridgehead atoms. The van der Waals surface area contributed by atoms with Gasteiger partial charge in [-0.1, -0.05) is 100 Å². The zero-order chi connectivity index (χ0) is 27.8. The van der Waals surface area contributed by atoms with Gasteiger partial charge in [0.25, 0.3) is 0 Å². The largest absolute Gasteiger partial charge is 0.488 e. The molecule has 3 atom stereocenters. The second kappa shape index (κ2) is 11.0. The van der Waals surface area contributed by atoms with Crippen LogP contribution in [-0.4, -0.2) is 6.21 Å². The molecule has 4 heteroatoms. The summed E-state index contributed by atoms with van der Waals surface area (Å²) in [5.41, 5.74) is 8.31. The number of fused-ring (bicyclic) bond motifs is 4. The standard InChI is InChI=1S/C37H31BrN2O/c1-24-12-18-35-34(20-24)32-10-5-11-33(32)37(40-35)26-13-16-30(17-14-26)39-22-28-21-29(38)15-19-36(28)41-23-27-8-4-7-25-6-2-3-9-31(25)27/h2-10,12-22,32-33,37,40H,11,23H2,1H3/t32-,33+,37-/m1/s1. The highest BCUT2D eigenvalue weighted by Crippen LogP contribution is 2.50. The highest BCUT2D eigenvalue weighted by atomic mass is 79.9. The molecule has 0 amide bonds. The van der Waals surface area contributed by atoms with Gasteiger partial charge in [-0.3, -0.25) is 4.99 Å². The molecule has 0 saturated carbocycles. The number of aryl methyl sites for hydroxylation is 1. The van der Waals surface area contributed by atoms with Gasteiger partial charge in [-0.25, -0.2) is 0 Å². The Kier molecular flexibility index (Phi) is 6.93. The van der Waals surface area contributed by atoms with Crippen LogP contribution in [0.1, 0.15) is 46.2 Å². The number of hydrogen-bond acceptors (Lipinski definition) is 3. The number of halogens is 1. The van der Waals surface area contributed by atoms with Crippen molar-refractivity contribution < 1.29 is 4.74 Å². The third-order valence-electron chi connectivity index (χ3n) is 8.36. The lowest BCUT2D eigenvalue weighted by atomic mass is 9.76. The quantitative estimate of drug-likeness (QED) is 0.156. The Morgan fingerprint density at radius 2 is 1.78 bits per heavy atom. The Morgan fingerprint density at radius 3 is 2.68 bits per heavy atom. The first kappa shape index (κ1) is 25.8. The van der Waals surface area contributed by atoms with E-state index in [2.05, 4.69) is 131 Å². The molecule has 1 aliphatic heterocycles. The molecule has 202 valence electrons. The van der Waals surface area contributed by atoms with Crippen LogP contribution in [-0.2, 0) is 6.61 Å². The van der Waals surface area contributed by atoms with E-state index in [0.717, 1.165) is 27.9 Å². The fraction of sp³-hybridized carbons (Fsp3) is 0.162. The highest BCUT2D eigenvalue weighted by molar-refractivity contribution is 9.10. The molecule has 1 N–H and O–H groups in total. The van der Waals surface area contributed by atoms with Crippen LogP contribution in [0.4, 0.5) is 11.4 Å². The van der Waals surface area contributed by atoms with Gasteiger partial charge < -0.3 is 10.1 Å². The second-order valence-corrected chi connectivity index (χ2v) is 11.9. The van der Waals surface area contributed by atoms with Gasteiger partial charge in [0.05, 0.1) is 11.7 Å². The van der Waals surface area contributed by atoms with E-state index in [0.29, 0.717) is 18.4 Å². The minimum absolute atomic E-state index is 0.280. The van der Waals surface area contributed by atoms with Crippen molar-refractivity contribution in [1.82, 2.24) is 0 Å². The van der Waals surface area contributed by atoms with E-state index in [9.17, 15) is 0 Å². The number of anilines is 1. The maximum atomic E-state index is 6.32. The SMILES string of the molecule is Cc1ccc2c(c1)[C@@H]1C=CC[C@@H]1[C@@H](c1ccc(N=Cc3cc(Br)ccc3OCc3cccc4ccccc34)cc1)N2. The van der Waals surface area contributed by atoms with Crippen LogP contribution in [0.15, 0.2) is 125 Å². The van der Waals surface area contributed by atoms with E-state index in [1.54, 1.807) is 0 Å². The summed E-state index contributed by atoms with van der Waals surface area (Å²) in [4.78, 5) is 4.82. The molecule has 1 aliphatic carbocycles. The lowest BCUT2D eigenvalue weighted by Crippen LogP contribution is -2.29. The van der Waals surface area contributed by atoms with Gasteiger partial charge in [-0.15, -0.1) is 0 Å². The molecular weight excluding hydrogens is 568 g/mol. The summed E-state index contributed by atoms with van der Waals surface area (Å²) in [5, 5.41) is 6.28. The van der Waals surface area contributed by atoms with Crippen molar-refractivity contribution in [1.29, 1.82) is 0 Å². The number of rotatable bonds is 6. The van der Waals surface area contributed by atoms with Crippen LogP contribution in [0, 0.1) is 12.8 Å². The molecule has 5 aromatic carbocycles. The predicted octanol–water partition coefficient (Wildman–Crippen LogP) is 10.1. The number of nitrogens with zero attached hydrogens (tertiary/aromatic N) is 1. The Bertz CT molecular complexity index is 1780. The molecule has 0 fully saturated rings. The summed E-state index contributed by atoms with van der Waals surface area (Å²) in [6.07, 6.45) is 7.73. The van der Waals surface area contributed by atoms with Crippen LogP contribution in [0.5, 0.6) is 5.75 Å². The summed E-state index contributed by atoms with van der Waals surface area (Å²) in [7, 11) is 0. The molecule has 2 aliphatic rings. The lowest BCUT2D eigenvalue weighted by Gasteiger charge is -2.37. The summed E-state index contributed by atoms with van der Waals surface area (Å²) < 4.78 is 7.31. The first-order chi connectivity index (χ1) is 20.1. The Balaban J connectivity index is 1.09. The monoisotopic (exact) mass is 598 g/mol. The lowest BCUT2D eigenvalue weighted by molar-refractivity contribution is 0.307. The number of hydrogen-bond donors (Lipinski definition) is 1. The highest BCUT2D eigenvalue weighted by Gasteiger charge is 2.37. The van der Waals surface area contributed by atoms with Gasteiger partial charge in [0.15, 0.2) is 0 Å². The smallest absolute Gasteiger partial charge is 0.128 e. The van der Waals surface area contributed by atoms with E-state index in [-0.39, 0.29) is 6.04 Å². The fourth-order valence-electron chi connectivity index (χ4n) is 6.28. The molecule has 0 aromatic heterocycles. The number of allylic oxidation sites excluding steroid dienone is 2. The van der Waals surface area contributed by atoms with Crippen LogP contribution in [0.2, 0.25) is 0 Å². The second-order valence-electron chi connectivity index (χ2n) is 11.0. The van der Waals surface area contributed by atoms with Crippen molar-refractivity contribution in [3.05, 3.63) is 148 Å². The molecule has 0 spiro atoms. The van der Waals surface area contributed by atoms with E-state index in [4.69, 9.17) is 9.73 Å². The van der Waals surface area contributed by atoms with E-state index in [1.165, 1.54) is 38.7 Å². The van der Waals surface area contributed by atoms with E-state index >= 15 is 0 Å². The zero-order valence-electron chi connectivity index (χ0n) is 22.9. The third-order valence-corrected chi connectivity index (χ3v) is 8.85. The molecule has 41 heavy (non-hydrogen) atoms. The van der Waals surface area contributed by atoms with Gasteiger partial charge in [-0.2, -0.15) is 0 Å². The summed E-state index contributed by atoms with van der Waals surface area (Å²) in [5.74, 6) is 1.81. The molecule has 0 radical (unpaired) electrons. The molecule has 1 heterocycles. The Labute approximate surface area is 249 Å². The molecular formula is C37H31BrN2O. The molecule has 5 aromatic rings. The third kappa shape index (κ3) is 5.20. The molecule has 7 rings (SSSR count). The minimum Gasteiger partial charge on any atom is -0.488 e. The maximum Gasteiger partial charge on any atom is 0.128 e. The van der Waals surface area contributed by atoms with Crippen LogP contribution in [0.25, 0.3) is 10.8 Å². The Morgan fingerprint density at radius 1 is 0.927 bits per heavy atom. The van der Waals surface area contributed by atoms with Crippen molar-refractivity contribution in [2.45, 2.75) is 31.9 Å². The molecule has 0 unspecified atom stereocenters. The average Bonchev–Trinajstić information content (AvgIpc) is 3.50. The van der Waals surface area contributed by atoms with E-state index < -0.39 is 0 Å². The van der Waals surface area contributed by atoms with Gasteiger partial charge in [0, 0.05) is 27.9 Å². The first-order valence-corrected chi connectivity index (χ1v) is 15.0. The van der Waals surface area contributed by atoms with Gasteiger partial charge >= 0.3 is 0 Å². The van der Waals surface area contributed by atoms with Crippen LogP contribution >= 0.6 is 15.9 Å². The number of aliphatic imine (C=N–C) groups is 1. The average molecular weight is 600 g/mol. The van der Waals surface area contributed by atoms with Crippen LogP contribution in [0.3, 0.4) is 0 Å². The number of nitrogens with one attached hydrogen (secondary N) is 1. The number of ether oxygens (including phenoxy) is 1. The molecule has 0 saturated heterocycles. The Hall–Kier alpha value is -4.15. The maximum absolute atomic E-state index is 6.32. The predicted molar refractivity (Wildman–Crippen MR) is 174 cm³/mol. The normalized spacial score (nSPS) is 19.2. The number of benzene rings is 5. The first-order valence-electron chi connectivity index (χ1n) is 14.2. The minimum atomic E-state index is 0.280. The zero-order valence-corrected chi connectivity index (χ0v) is 24.5. The van der Waals surface area contributed by atoms with Crippen molar-refractivity contribution in [2.24, 2.45) is 10.9 Å². The van der Waals surface area contributed by atoms with Gasteiger partial charge in [0.1, 0.15) is 12.4 Å². The summed E-state index contributed by atoms with van der Waals surface area (Å²) in [6.45, 7) is 2.67. The molecule has 3 nitrogen and oxygen atoms in total. The fourth-order valence-corrected chi connectivity index (χ4v) is 6.66. The topological polar surface area (TPSA) is 33.6 Å². The van der Waals surface area contributed by atoms with Gasteiger partial charge in [0.2, 0.25) is 0 Å². The van der Waals surface area contributed by atoms with Crippen molar-refractivity contribution in [3.63, 3.8) is 0 Å². The van der Waals surface area contributed by atoms with E-state index in [1.807, 2.05) is 18.3 Å². The van der Waals surface area contributed by atoms with Crippen molar-refractivity contribution >= 4 is 44.3 Å². The van der Waals surface area contributed by atoms with Crippen LogP contribution < -0.4 is 10.1 Å².